The van der Waals surface area contributed by atoms with Crippen LogP contribution in [0.2, 0.25) is 0 Å². The Morgan fingerprint density at radius 1 is 1.14 bits per heavy atom. The number of fused-ring (bicyclic) bond motifs is 1. The summed E-state index contributed by atoms with van der Waals surface area (Å²) in [5.74, 6) is 1.29. The minimum Gasteiger partial charge on any atom is -0.387 e. The van der Waals surface area contributed by atoms with Crippen LogP contribution in [0.1, 0.15) is 30.9 Å². The van der Waals surface area contributed by atoms with Crippen LogP contribution in [0, 0.1) is 0 Å². The summed E-state index contributed by atoms with van der Waals surface area (Å²) >= 11 is 2.07. The Morgan fingerprint density at radius 2 is 2.00 bits per heavy atom. The number of nitrogens with one attached hydrogen (secondary N) is 1. The van der Waals surface area contributed by atoms with Gasteiger partial charge in [-0.2, -0.15) is 11.8 Å². The van der Waals surface area contributed by atoms with Crippen LogP contribution in [0.25, 0.3) is 10.8 Å². The molecule has 0 bridgehead atoms. The monoisotopic (exact) mass is 301 g/mol. The van der Waals surface area contributed by atoms with Crippen LogP contribution in [0.3, 0.4) is 0 Å². The first-order valence-electron chi connectivity index (χ1n) is 7.82. The van der Waals surface area contributed by atoms with Gasteiger partial charge in [0.05, 0.1) is 6.10 Å². The molecule has 112 valence electrons. The molecule has 0 spiro atoms. The fourth-order valence-corrected chi connectivity index (χ4v) is 4.16. The maximum Gasteiger partial charge on any atom is 0.0914 e. The van der Waals surface area contributed by atoms with Gasteiger partial charge >= 0.3 is 0 Å². The predicted octanol–water partition coefficient (Wildman–Crippen LogP) is 3.75. The lowest BCUT2D eigenvalue weighted by atomic mass is 10.0. The Bertz CT molecular complexity index is 580. The van der Waals surface area contributed by atoms with Crippen molar-refractivity contribution in [3.05, 3.63) is 48.0 Å². The molecule has 0 aromatic heterocycles. The van der Waals surface area contributed by atoms with Gasteiger partial charge in [0, 0.05) is 18.3 Å². The molecule has 2 aromatic carbocycles. The van der Waals surface area contributed by atoms with Gasteiger partial charge < -0.3 is 10.4 Å². The zero-order chi connectivity index (χ0) is 14.5. The lowest BCUT2D eigenvalue weighted by molar-refractivity contribution is 0.175. The fourth-order valence-electron chi connectivity index (χ4n) is 2.88. The zero-order valence-corrected chi connectivity index (χ0v) is 13.1. The van der Waals surface area contributed by atoms with Crippen molar-refractivity contribution in [3.63, 3.8) is 0 Å². The molecule has 0 radical (unpaired) electrons. The lowest BCUT2D eigenvalue weighted by Gasteiger charge is -2.22. The highest BCUT2D eigenvalue weighted by Crippen LogP contribution is 2.24. The van der Waals surface area contributed by atoms with Crippen molar-refractivity contribution in [3.8, 4) is 0 Å². The van der Waals surface area contributed by atoms with E-state index in [4.69, 9.17) is 0 Å². The number of rotatable bonds is 5. The molecule has 3 heteroatoms. The van der Waals surface area contributed by atoms with E-state index >= 15 is 0 Å². The highest BCUT2D eigenvalue weighted by Gasteiger charge is 2.14. The summed E-state index contributed by atoms with van der Waals surface area (Å²) in [5, 5.41) is 16.9. The maximum absolute atomic E-state index is 10.3. The van der Waals surface area contributed by atoms with Crippen molar-refractivity contribution in [2.75, 3.05) is 18.8 Å². The number of aliphatic hydroxyl groups excluding tert-OH is 1. The first-order chi connectivity index (χ1) is 10.3. The number of benzene rings is 2. The molecule has 0 saturated carbocycles. The smallest absolute Gasteiger partial charge is 0.0914 e. The van der Waals surface area contributed by atoms with Gasteiger partial charge in [-0.1, -0.05) is 42.8 Å². The number of hydrogen-bond donors (Lipinski definition) is 2. The van der Waals surface area contributed by atoms with Gasteiger partial charge in [0.2, 0.25) is 0 Å². The molecule has 0 amide bonds. The van der Waals surface area contributed by atoms with Crippen LogP contribution in [0.15, 0.2) is 42.5 Å². The standard InChI is InChI=1S/C18H23NOS/c20-18(13-19-12-17-7-3-4-10-21-17)16-9-8-14-5-1-2-6-15(14)11-16/h1-2,5-6,8-9,11,17-20H,3-4,7,10,12-13H2. The van der Waals surface area contributed by atoms with E-state index in [0.29, 0.717) is 6.54 Å². The molecule has 2 nitrogen and oxygen atoms in total. The van der Waals surface area contributed by atoms with Gasteiger partial charge in [-0.25, -0.2) is 0 Å². The highest BCUT2D eigenvalue weighted by molar-refractivity contribution is 7.99. The molecule has 1 saturated heterocycles. The third-order valence-corrected chi connectivity index (χ3v) is 5.54. The van der Waals surface area contributed by atoms with E-state index in [9.17, 15) is 5.11 Å². The molecular weight excluding hydrogens is 278 g/mol. The molecule has 3 rings (SSSR count). The molecule has 2 atom stereocenters. The van der Waals surface area contributed by atoms with Crippen molar-refractivity contribution in [2.45, 2.75) is 30.6 Å². The molecule has 21 heavy (non-hydrogen) atoms. The van der Waals surface area contributed by atoms with E-state index in [2.05, 4.69) is 41.3 Å². The van der Waals surface area contributed by atoms with Crippen molar-refractivity contribution in [1.29, 1.82) is 0 Å². The third kappa shape index (κ3) is 4.00. The van der Waals surface area contributed by atoms with Crippen LogP contribution in [-0.2, 0) is 0 Å². The number of thioether (sulfide) groups is 1. The third-order valence-electron chi connectivity index (χ3n) is 4.14. The minimum atomic E-state index is -0.428. The molecule has 2 aromatic rings. The van der Waals surface area contributed by atoms with Gasteiger partial charge in [-0.3, -0.25) is 0 Å². The van der Waals surface area contributed by atoms with E-state index in [1.54, 1.807) is 0 Å². The van der Waals surface area contributed by atoms with E-state index in [0.717, 1.165) is 17.4 Å². The van der Waals surface area contributed by atoms with Crippen molar-refractivity contribution >= 4 is 22.5 Å². The second-order valence-corrected chi connectivity index (χ2v) is 7.18. The maximum atomic E-state index is 10.3. The van der Waals surface area contributed by atoms with Crippen molar-refractivity contribution in [2.24, 2.45) is 0 Å². The zero-order valence-electron chi connectivity index (χ0n) is 12.3. The van der Waals surface area contributed by atoms with E-state index in [1.807, 2.05) is 18.2 Å². The van der Waals surface area contributed by atoms with Crippen LogP contribution < -0.4 is 5.32 Å². The van der Waals surface area contributed by atoms with Gasteiger partial charge in [-0.15, -0.1) is 0 Å². The first-order valence-corrected chi connectivity index (χ1v) is 8.87. The summed E-state index contributed by atoms with van der Waals surface area (Å²) in [6.07, 6.45) is 3.60. The number of hydrogen-bond acceptors (Lipinski definition) is 3. The van der Waals surface area contributed by atoms with Crippen LogP contribution in [0.4, 0.5) is 0 Å². The Hall–Kier alpha value is -1.03. The predicted molar refractivity (Wildman–Crippen MR) is 91.9 cm³/mol. The molecule has 0 aliphatic carbocycles. The van der Waals surface area contributed by atoms with Crippen molar-refractivity contribution in [1.82, 2.24) is 5.32 Å². The second kappa shape index (κ2) is 7.30. The molecular formula is C18H23NOS. The van der Waals surface area contributed by atoms with E-state index < -0.39 is 6.10 Å². The first kappa shape index (κ1) is 14.9. The molecule has 1 heterocycles. The fraction of sp³-hybridized carbons (Fsp3) is 0.444. The Morgan fingerprint density at radius 3 is 2.81 bits per heavy atom. The summed E-state index contributed by atoms with van der Waals surface area (Å²) in [7, 11) is 0. The second-order valence-electron chi connectivity index (χ2n) is 5.77. The summed E-state index contributed by atoms with van der Waals surface area (Å²) in [5.41, 5.74) is 0.998. The molecule has 2 N–H and O–H groups in total. The van der Waals surface area contributed by atoms with E-state index in [-0.39, 0.29) is 0 Å². The largest absolute Gasteiger partial charge is 0.387 e. The lowest BCUT2D eigenvalue weighted by Crippen LogP contribution is -2.30. The number of aliphatic hydroxyl groups is 1. The van der Waals surface area contributed by atoms with Gasteiger partial charge in [0.1, 0.15) is 0 Å². The summed E-state index contributed by atoms with van der Waals surface area (Å²) in [4.78, 5) is 0. The normalized spacial score (nSPS) is 20.5. The average molecular weight is 301 g/mol. The molecule has 1 fully saturated rings. The minimum absolute atomic E-state index is 0.428. The van der Waals surface area contributed by atoms with Gasteiger partial charge in [-0.05, 0) is 41.0 Å². The Labute approximate surface area is 130 Å². The average Bonchev–Trinajstić information content (AvgIpc) is 2.55. The van der Waals surface area contributed by atoms with Gasteiger partial charge in [0.25, 0.3) is 0 Å². The van der Waals surface area contributed by atoms with Crippen molar-refractivity contribution < 1.29 is 5.11 Å². The van der Waals surface area contributed by atoms with Crippen LogP contribution in [0.5, 0.6) is 0 Å². The molecule has 1 aliphatic rings. The molecule has 2 unspecified atom stereocenters. The van der Waals surface area contributed by atoms with Crippen LogP contribution in [-0.4, -0.2) is 29.2 Å². The van der Waals surface area contributed by atoms with E-state index in [1.165, 1.54) is 35.8 Å². The summed E-state index contributed by atoms with van der Waals surface area (Å²) in [6, 6.07) is 14.5. The topological polar surface area (TPSA) is 32.3 Å². The summed E-state index contributed by atoms with van der Waals surface area (Å²) < 4.78 is 0. The van der Waals surface area contributed by atoms with Gasteiger partial charge in [0.15, 0.2) is 0 Å². The Kier molecular flexibility index (Phi) is 5.17. The molecule has 1 aliphatic heterocycles. The summed E-state index contributed by atoms with van der Waals surface area (Å²) in [6.45, 7) is 1.64. The Balaban J connectivity index is 1.54. The quantitative estimate of drug-likeness (QED) is 0.882. The SMILES string of the molecule is OC(CNCC1CCCCS1)c1ccc2ccccc2c1. The van der Waals surface area contributed by atoms with Crippen LogP contribution >= 0.6 is 11.8 Å². The highest BCUT2D eigenvalue weighted by atomic mass is 32.2.